The van der Waals surface area contributed by atoms with Crippen molar-refractivity contribution in [1.29, 1.82) is 0 Å². The zero-order valence-electron chi connectivity index (χ0n) is 14.2. The molecule has 6 heteroatoms. The minimum Gasteiger partial charge on any atom is -0.507 e. The minimum absolute atomic E-state index is 0.0133. The Morgan fingerprint density at radius 1 is 1.04 bits per heavy atom. The quantitative estimate of drug-likeness (QED) is 0.523. The third kappa shape index (κ3) is 2.67. The van der Waals surface area contributed by atoms with Crippen molar-refractivity contribution in [2.75, 3.05) is 0 Å². The molecule has 2 aromatic heterocycles. The molecule has 1 saturated heterocycles. The number of hydrogen-bond acceptors (Lipinski definition) is 5. The summed E-state index contributed by atoms with van der Waals surface area (Å²) in [5, 5.41) is 10.8. The van der Waals surface area contributed by atoms with Crippen LogP contribution in [0.15, 0.2) is 54.6 Å². The van der Waals surface area contributed by atoms with Gasteiger partial charge in [0.25, 0.3) is 11.7 Å². The summed E-state index contributed by atoms with van der Waals surface area (Å²) >= 11 is 0. The van der Waals surface area contributed by atoms with Crippen molar-refractivity contribution in [2.45, 2.75) is 37.8 Å². The summed E-state index contributed by atoms with van der Waals surface area (Å²) in [6.07, 6.45) is 10.2. The van der Waals surface area contributed by atoms with Gasteiger partial charge in [-0.2, -0.15) is 0 Å². The number of aromatic nitrogens is 2. The van der Waals surface area contributed by atoms with Crippen LogP contribution in [-0.4, -0.2) is 37.7 Å². The lowest BCUT2D eigenvalue weighted by molar-refractivity contribution is -0.141. The summed E-state index contributed by atoms with van der Waals surface area (Å²) in [5.41, 5.74) is 1.33. The molecular formula is C20H19N3O3. The van der Waals surface area contributed by atoms with Crippen LogP contribution in [0.1, 0.15) is 42.9 Å². The molecule has 0 aromatic carbocycles. The highest BCUT2D eigenvalue weighted by Crippen LogP contribution is 2.43. The van der Waals surface area contributed by atoms with Crippen molar-refractivity contribution in [3.8, 4) is 0 Å². The van der Waals surface area contributed by atoms with Crippen molar-refractivity contribution in [3.63, 3.8) is 0 Å². The van der Waals surface area contributed by atoms with Gasteiger partial charge in [-0.1, -0.05) is 18.9 Å². The van der Waals surface area contributed by atoms with Crippen molar-refractivity contribution in [2.24, 2.45) is 0 Å². The Balaban J connectivity index is 1.88. The molecule has 0 spiro atoms. The van der Waals surface area contributed by atoms with Gasteiger partial charge >= 0.3 is 0 Å². The molecule has 2 fully saturated rings. The number of hydrogen-bond donors (Lipinski definition) is 1. The largest absolute Gasteiger partial charge is 0.507 e. The highest BCUT2D eigenvalue weighted by molar-refractivity contribution is 6.46. The monoisotopic (exact) mass is 349 g/mol. The van der Waals surface area contributed by atoms with Crippen LogP contribution in [0.4, 0.5) is 0 Å². The molecule has 26 heavy (non-hydrogen) atoms. The minimum atomic E-state index is -0.639. The first-order valence-corrected chi connectivity index (χ1v) is 8.79. The predicted molar refractivity (Wildman–Crippen MR) is 94.9 cm³/mol. The molecule has 3 heterocycles. The molecular weight excluding hydrogens is 330 g/mol. The number of carbonyl (C=O) groups excluding carboxylic acids is 2. The Kier molecular flexibility index (Phi) is 4.24. The van der Waals surface area contributed by atoms with Crippen LogP contribution in [-0.2, 0) is 9.59 Å². The average Bonchev–Trinajstić information content (AvgIpc) is 3.30. The smallest absolute Gasteiger partial charge is 0.295 e. The summed E-state index contributed by atoms with van der Waals surface area (Å²) in [7, 11) is 0. The zero-order valence-corrected chi connectivity index (χ0v) is 14.2. The molecule has 2 aromatic rings. The lowest BCUT2D eigenvalue weighted by Crippen LogP contribution is -2.37. The Morgan fingerprint density at radius 2 is 1.77 bits per heavy atom. The number of likely N-dealkylation sites (tertiary alicyclic amines) is 1. The van der Waals surface area contributed by atoms with Crippen LogP contribution in [0, 0.1) is 0 Å². The summed E-state index contributed by atoms with van der Waals surface area (Å²) < 4.78 is 0. The van der Waals surface area contributed by atoms with Gasteiger partial charge < -0.3 is 10.0 Å². The molecule has 4 rings (SSSR count). The van der Waals surface area contributed by atoms with Gasteiger partial charge in [-0.25, -0.2) is 0 Å². The Bertz CT molecular complexity index is 858. The van der Waals surface area contributed by atoms with E-state index in [1.807, 2.05) is 6.07 Å². The van der Waals surface area contributed by atoms with Crippen LogP contribution in [0.5, 0.6) is 0 Å². The van der Waals surface area contributed by atoms with E-state index >= 15 is 0 Å². The van der Waals surface area contributed by atoms with E-state index in [2.05, 4.69) is 9.97 Å². The topological polar surface area (TPSA) is 83.4 Å². The van der Waals surface area contributed by atoms with E-state index in [1.165, 1.54) is 0 Å². The summed E-state index contributed by atoms with van der Waals surface area (Å²) in [6.45, 7) is 0. The second-order valence-electron chi connectivity index (χ2n) is 6.67. The highest BCUT2D eigenvalue weighted by Gasteiger charge is 2.49. The fourth-order valence-corrected chi connectivity index (χ4v) is 3.94. The molecule has 1 aliphatic heterocycles. The molecule has 6 nitrogen and oxygen atoms in total. The SMILES string of the molecule is O=C1C(=O)N(C2CCCC2)C(c2cccnc2)/C1=C(/O)c1ccncc1. The normalized spacial score (nSPS) is 22.9. The number of carbonyl (C=O) groups is 2. The number of Topliss-reactive ketones (excluding diaryl/α,β-unsaturated/α-hetero) is 1. The molecule has 1 unspecified atom stereocenters. The van der Waals surface area contributed by atoms with E-state index in [-0.39, 0.29) is 17.4 Å². The van der Waals surface area contributed by atoms with Gasteiger partial charge in [0.1, 0.15) is 5.76 Å². The second-order valence-corrected chi connectivity index (χ2v) is 6.67. The lowest BCUT2D eigenvalue weighted by atomic mass is 9.96. The van der Waals surface area contributed by atoms with Crippen LogP contribution in [0.2, 0.25) is 0 Å². The van der Waals surface area contributed by atoms with E-state index in [0.29, 0.717) is 5.56 Å². The van der Waals surface area contributed by atoms with Gasteiger partial charge in [-0.15, -0.1) is 0 Å². The maximum absolute atomic E-state index is 12.8. The second kappa shape index (κ2) is 6.71. The number of amides is 1. The van der Waals surface area contributed by atoms with Crippen LogP contribution in [0.25, 0.3) is 5.76 Å². The molecule has 1 N–H and O–H groups in total. The first-order valence-electron chi connectivity index (χ1n) is 8.79. The fraction of sp³-hybridized carbons (Fsp3) is 0.300. The van der Waals surface area contributed by atoms with Crippen molar-refractivity contribution in [1.82, 2.24) is 14.9 Å². The molecule has 1 aliphatic carbocycles. The molecule has 2 aliphatic rings. The van der Waals surface area contributed by atoms with Crippen LogP contribution >= 0.6 is 0 Å². The predicted octanol–water partition coefficient (Wildman–Crippen LogP) is 2.84. The van der Waals surface area contributed by atoms with E-state index in [4.69, 9.17) is 0 Å². The average molecular weight is 349 g/mol. The summed E-state index contributed by atoms with van der Waals surface area (Å²) in [6, 6.07) is 6.26. The zero-order chi connectivity index (χ0) is 18.1. The van der Waals surface area contributed by atoms with E-state index in [0.717, 1.165) is 31.2 Å². The van der Waals surface area contributed by atoms with Crippen LogP contribution < -0.4 is 0 Å². The van der Waals surface area contributed by atoms with Crippen LogP contribution in [0.3, 0.4) is 0 Å². The molecule has 1 saturated carbocycles. The molecule has 1 amide bonds. The third-order valence-electron chi connectivity index (χ3n) is 5.15. The standard InChI is InChI=1S/C20H19N3O3/c24-18(13-7-10-21-11-8-13)16-17(14-4-3-9-22-12-14)23(20(26)19(16)25)15-5-1-2-6-15/h3-4,7-12,15,17,24H,1-2,5-6H2/b18-16-. The Hall–Kier alpha value is -3.02. The lowest BCUT2D eigenvalue weighted by Gasteiger charge is -2.30. The van der Waals surface area contributed by atoms with Crippen molar-refractivity contribution < 1.29 is 14.7 Å². The summed E-state index contributed by atoms with van der Waals surface area (Å²) in [4.78, 5) is 35.4. The van der Waals surface area contributed by atoms with E-state index in [1.54, 1.807) is 47.9 Å². The van der Waals surface area contributed by atoms with E-state index in [9.17, 15) is 14.7 Å². The van der Waals surface area contributed by atoms with Gasteiger partial charge in [0, 0.05) is 36.4 Å². The Morgan fingerprint density at radius 3 is 2.42 bits per heavy atom. The fourth-order valence-electron chi connectivity index (χ4n) is 3.94. The van der Waals surface area contributed by atoms with Gasteiger partial charge in [0.05, 0.1) is 11.6 Å². The van der Waals surface area contributed by atoms with Gasteiger partial charge in [0.2, 0.25) is 0 Å². The Labute approximate surface area is 151 Å². The molecule has 132 valence electrons. The highest BCUT2D eigenvalue weighted by atomic mass is 16.3. The number of nitrogens with zero attached hydrogens (tertiary/aromatic N) is 3. The molecule has 1 atom stereocenters. The number of aliphatic hydroxyl groups excluding tert-OH is 1. The number of ketones is 1. The van der Waals surface area contributed by atoms with Crippen molar-refractivity contribution in [3.05, 3.63) is 65.8 Å². The van der Waals surface area contributed by atoms with Gasteiger partial charge in [0.15, 0.2) is 0 Å². The van der Waals surface area contributed by atoms with Crippen molar-refractivity contribution >= 4 is 17.4 Å². The van der Waals surface area contributed by atoms with Gasteiger partial charge in [-0.3, -0.25) is 19.6 Å². The summed E-state index contributed by atoms with van der Waals surface area (Å²) in [5.74, 6) is -1.35. The third-order valence-corrected chi connectivity index (χ3v) is 5.15. The molecule has 0 bridgehead atoms. The maximum atomic E-state index is 12.8. The molecule has 0 radical (unpaired) electrons. The van der Waals surface area contributed by atoms with E-state index < -0.39 is 17.7 Å². The van der Waals surface area contributed by atoms with Gasteiger partial charge in [-0.05, 0) is 36.6 Å². The number of rotatable bonds is 3. The number of pyridine rings is 2. The number of aliphatic hydroxyl groups is 1. The first kappa shape index (κ1) is 16.4. The first-order chi connectivity index (χ1) is 12.7. The maximum Gasteiger partial charge on any atom is 0.295 e.